The molecule has 2 rings (SSSR count). The van der Waals surface area contributed by atoms with Crippen LogP contribution in [0.4, 0.5) is 0 Å². The van der Waals surface area contributed by atoms with Crippen molar-refractivity contribution in [2.75, 3.05) is 13.2 Å². The number of esters is 1. The van der Waals surface area contributed by atoms with Crippen molar-refractivity contribution in [2.24, 2.45) is 0 Å². The highest BCUT2D eigenvalue weighted by molar-refractivity contribution is 14.1. The first-order valence-corrected chi connectivity index (χ1v) is 9.28. The fourth-order valence-electron chi connectivity index (χ4n) is 2.53. The van der Waals surface area contributed by atoms with Gasteiger partial charge in [-0.3, -0.25) is 4.79 Å². The molecule has 1 aliphatic heterocycles. The van der Waals surface area contributed by atoms with Gasteiger partial charge in [-0.2, -0.15) is 0 Å². The molecule has 23 heavy (non-hydrogen) atoms. The molecule has 1 unspecified atom stereocenters. The normalized spacial score (nSPS) is 19.5. The smallest absolute Gasteiger partial charge is 0.306 e. The van der Waals surface area contributed by atoms with Crippen LogP contribution in [0, 0.1) is 0 Å². The Kier molecular flexibility index (Phi) is 7.88. The van der Waals surface area contributed by atoms with Crippen LogP contribution in [-0.2, 0) is 14.3 Å². The molecule has 1 heterocycles. The third kappa shape index (κ3) is 6.14. The predicted molar refractivity (Wildman–Crippen MR) is 97.8 cm³/mol. The summed E-state index contributed by atoms with van der Waals surface area (Å²) in [6.45, 7) is 3.00. The Hall–Kier alpha value is -1.08. The van der Waals surface area contributed by atoms with E-state index in [4.69, 9.17) is 14.2 Å². The van der Waals surface area contributed by atoms with Crippen molar-refractivity contribution >= 4 is 28.6 Å². The van der Waals surface area contributed by atoms with E-state index in [0.29, 0.717) is 13.0 Å². The van der Waals surface area contributed by atoms with Gasteiger partial charge < -0.3 is 14.2 Å². The number of allylic oxidation sites excluding steroid dienone is 1. The Morgan fingerprint density at radius 2 is 2.17 bits per heavy atom. The van der Waals surface area contributed by atoms with Gasteiger partial charge in [-0.05, 0) is 41.5 Å². The minimum Gasteiger partial charge on any atom is -0.466 e. The number of rotatable bonds is 7. The van der Waals surface area contributed by atoms with E-state index in [1.807, 2.05) is 41.3 Å². The number of hydrogen-bond acceptors (Lipinski definition) is 4. The lowest BCUT2D eigenvalue weighted by Gasteiger charge is -2.23. The Bertz CT molecular complexity index is 506. The second kappa shape index (κ2) is 9.93. The van der Waals surface area contributed by atoms with Crippen molar-refractivity contribution in [1.82, 2.24) is 0 Å². The van der Waals surface area contributed by atoms with Crippen LogP contribution in [0.3, 0.4) is 0 Å². The summed E-state index contributed by atoms with van der Waals surface area (Å²) < 4.78 is 18.4. The second-order valence-corrected chi connectivity index (χ2v) is 6.14. The molecule has 0 aliphatic carbocycles. The summed E-state index contributed by atoms with van der Waals surface area (Å²) in [6.07, 6.45) is 5.41. The zero-order valence-corrected chi connectivity index (χ0v) is 15.5. The van der Waals surface area contributed by atoms with E-state index in [1.165, 1.54) is 0 Å². The quantitative estimate of drug-likeness (QED) is 0.470. The second-order valence-electron chi connectivity index (χ2n) is 5.42. The Balaban J connectivity index is 1.98. The zero-order valence-electron chi connectivity index (χ0n) is 13.4. The lowest BCUT2D eigenvalue weighted by Crippen LogP contribution is -2.24. The van der Waals surface area contributed by atoms with Crippen LogP contribution in [0.5, 0.6) is 5.75 Å². The first-order chi connectivity index (χ1) is 11.2. The highest BCUT2D eigenvalue weighted by Gasteiger charge is 2.17. The molecule has 1 fully saturated rings. The van der Waals surface area contributed by atoms with E-state index < -0.39 is 0 Å². The molecule has 2 atom stereocenters. The molecule has 4 nitrogen and oxygen atoms in total. The molecule has 1 saturated heterocycles. The van der Waals surface area contributed by atoms with Gasteiger partial charge in [-0.25, -0.2) is 0 Å². The maximum absolute atomic E-state index is 11.7. The molecule has 0 radical (unpaired) electrons. The summed E-state index contributed by atoms with van der Waals surface area (Å²) in [5, 5.41) is 0. The number of carbonyl (C=O) groups excluding carboxylic acids is 1. The average Bonchev–Trinajstić information content (AvgIpc) is 2.56. The largest absolute Gasteiger partial charge is 0.466 e. The number of benzene rings is 1. The van der Waals surface area contributed by atoms with Crippen molar-refractivity contribution in [2.45, 2.75) is 44.8 Å². The molecule has 0 spiro atoms. The van der Waals surface area contributed by atoms with Crippen molar-refractivity contribution < 1.29 is 19.0 Å². The number of carbonyl (C=O) groups is 1. The van der Waals surface area contributed by atoms with Crippen molar-refractivity contribution in [1.29, 1.82) is 0 Å². The molecule has 0 N–H and O–H groups in total. The van der Waals surface area contributed by atoms with Crippen molar-refractivity contribution in [3.05, 3.63) is 40.0 Å². The van der Waals surface area contributed by atoms with Crippen LogP contribution in [0.2, 0.25) is 0 Å². The first kappa shape index (κ1) is 18.3. The SMILES string of the molecule is CCOC(=O)C[C@@H](C=CI)c1ccc(OC2CCCCO2)cc1. The Morgan fingerprint density at radius 1 is 1.39 bits per heavy atom. The maximum Gasteiger partial charge on any atom is 0.306 e. The number of ether oxygens (including phenoxy) is 3. The summed E-state index contributed by atoms with van der Waals surface area (Å²) in [6, 6.07) is 7.87. The molecule has 126 valence electrons. The summed E-state index contributed by atoms with van der Waals surface area (Å²) in [4.78, 5) is 11.7. The van der Waals surface area contributed by atoms with Gasteiger partial charge in [0, 0.05) is 12.3 Å². The van der Waals surface area contributed by atoms with Gasteiger partial charge in [-0.1, -0.05) is 40.8 Å². The molecule has 1 aromatic carbocycles. The van der Waals surface area contributed by atoms with Gasteiger partial charge in [-0.15, -0.1) is 0 Å². The average molecular weight is 430 g/mol. The highest BCUT2D eigenvalue weighted by Crippen LogP contribution is 2.26. The summed E-state index contributed by atoms with van der Waals surface area (Å²) in [7, 11) is 0. The van der Waals surface area contributed by atoms with Gasteiger partial charge in [0.05, 0.1) is 19.6 Å². The van der Waals surface area contributed by atoms with Crippen LogP contribution >= 0.6 is 22.6 Å². The lowest BCUT2D eigenvalue weighted by atomic mass is 9.96. The predicted octanol–water partition coefficient (Wildman–Crippen LogP) is 4.58. The fraction of sp³-hybridized carbons (Fsp3) is 0.500. The van der Waals surface area contributed by atoms with Crippen LogP contribution < -0.4 is 4.74 Å². The number of halogens is 1. The topological polar surface area (TPSA) is 44.8 Å². The van der Waals surface area contributed by atoms with E-state index in [-0.39, 0.29) is 18.2 Å². The van der Waals surface area contributed by atoms with E-state index in [0.717, 1.165) is 37.2 Å². The van der Waals surface area contributed by atoms with Gasteiger partial charge in [0.25, 0.3) is 0 Å². The van der Waals surface area contributed by atoms with E-state index in [1.54, 1.807) is 0 Å². The van der Waals surface area contributed by atoms with E-state index >= 15 is 0 Å². The molecular weight excluding hydrogens is 407 g/mol. The monoisotopic (exact) mass is 430 g/mol. The zero-order chi connectivity index (χ0) is 16.5. The van der Waals surface area contributed by atoms with Crippen LogP contribution in [0.25, 0.3) is 0 Å². The maximum atomic E-state index is 11.7. The third-order valence-corrected chi connectivity index (χ3v) is 4.13. The molecule has 1 aromatic rings. The molecule has 5 heteroatoms. The van der Waals surface area contributed by atoms with E-state index in [2.05, 4.69) is 22.6 Å². The standard InChI is InChI=1S/C18H23IO4/c1-2-21-17(20)13-15(10-11-19)14-6-8-16(9-7-14)23-18-5-3-4-12-22-18/h6-11,15,18H,2-5,12-13H2,1H3/t15-,18?/m1/s1. The van der Waals surface area contributed by atoms with Crippen molar-refractivity contribution in [3.8, 4) is 5.75 Å². The molecule has 1 aliphatic rings. The minimum atomic E-state index is -0.178. The Labute approximate surface area is 151 Å². The van der Waals surface area contributed by atoms with Gasteiger partial charge in [0.1, 0.15) is 5.75 Å². The van der Waals surface area contributed by atoms with Crippen LogP contribution in [-0.4, -0.2) is 25.5 Å². The lowest BCUT2D eigenvalue weighted by molar-refractivity contribution is -0.143. The third-order valence-electron chi connectivity index (χ3n) is 3.71. The van der Waals surface area contributed by atoms with Crippen molar-refractivity contribution in [3.63, 3.8) is 0 Å². The van der Waals surface area contributed by atoms with Gasteiger partial charge in [0.15, 0.2) is 6.29 Å². The molecular formula is C18H23IO4. The molecule has 0 saturated carbocycles. The summed E-state index contributed by atoms with van der Waals surface area (Å²) in [5.74, 6) is 0.642. The van der Waals surface area contributed by atoms with Crippen LogP contribution in [0.15, 0.2) is 34.4 Å². The summed E-state index contributed by atoms with van der Waals surface area (Å²) in [5.41, 5.74) is 1.07. The Morgan fingerprint density at radius 3 is 2.78 bits per heavy atom. The molecule has 0 bridgehead atoms. The minimum absolute atomic E-state index is 0.0194. The van der Waals surface area contributed by atoms with E-state index in [9.17, 15) is 4.79 Å². The van der Waals surface area contributed by atoms with Gasteiger partial charge in [0.2, 0.25) is 0 Å². The fourth-order valence-corrected chi connectivity index (χ4v) is 3.03. The molecule has 0 aromatic heterocycles. The van der Waals surface area contributed by atoms with Crippen LogP contribution in [0.1, 0.15) is 44.1 Å². The first-order valence-electron chi connectivity index (χ1n) is 8.03. The highest BCUT2D eigenvalue weighted by atomic mass is 127. The summed E-state index contributed by atoms with van der Waals surface area (Å²) >= 11 is 2.17. The molecule has 0 amide bonds. The number of hydrogen-bond donors (Lipinski definition) is 0. The van der Waals surface area contributed by atoms with Gasteiger partial charge >= 0.3 is 5.97 Å².